The Balaban J connectivity index is 3.47. The quantitative estimate of drug-likeness (QED) is 0.519. The van der Waals surface area contributed by atoms with Crippen LogP contribution < -0.4 is 5.32 Å². The van der Waals surface area contributed by atoms with E-state index in [1.807, 2.05) is 0 Å². The molecule has 0 fully saturated rings. The summed E-state index contributed by atoms with van der Waals surface area (Å²) in [5, 5.41) is 3.13. The van der Waals surface area contributed by atoms with E-state index >= 15 is 0 Å². The molecule has 0 aliphatic carbocycles. The lowest BCUT2D eigenvalue weighted by Crippen LogP contribution is -2.30. The van der Waals surface area contributed by atoms with Gasteiger partial charge in [-0.25, -0.2) is 0 Å². The molecule has 0 amide bonds. The summed E-state index contributed by atoms with van der Waals surface area (Å²) >= 11 is 8.91. The van der Waals surface area contributed by atoms with Crippen molar-refractivity contribution in [1.82, 2.24) is 10.2 Å². The molecule has 84 valence electrons. The molecule has 1 unspecified atom stereocenters. The number of nitrogens with one attached hydrogen (secondary N) is 1. The van der Waals surface area contributed by atoms with Crippen LogP contribution >= 0.6 is 24.8 Å². The average molecular weight is 234 g/mol. The van der Waals surface area contributed by atoms with Gasteiger partial charge in [0.2, 0.25) is 0 Å². The smallest absolute Gasteiger partial charge is 0.130 e. The molecule has 0 aromatic carbocycles. The fraction of sp³-hybridized carbons (Fsp3) is 0.900. The van der Waals surface area contributed by atoms with Gasteiger partial charge >= 0.3 is 0 Å². The standard InChI is InChI=1S/C10H22N2S2/c1-4-12(5-2)8-6-7-9(3)11-10(13)14/h9H,4-8H2,1-3H3,(H2,11,13,14). The van der Waals surface area contributed by atoms with Crippen LogP contribution in [0.25, 0.3) is 0 Å². The highest BCUT2D eigenvalue weighted by Gasteiger charge is 2.03. The first kappa shape index (κ1) is 14.2. The lowest BCUT2D eigenvalue weighted by molar-refractivity contribution is 0.293. The van der Waals surface area contributed by atoms with E-state index in [4.69, 9.17) is 12.2 Å². The van der Waals surface area contributed by atoms with E-state index in [2.05, 4.69) is 43.6 Å². The maximum Gasteiger partial charge on any atom is 0.130 e. The van der Waals surface area contributed by atoms with Crippen LogP contribution in [-0.4, -0.2) is 34.9 Å². The topological polar surface area (TPSA) is 15.3 Å². The predicted octanol–water partition coefficient (Wildman–Crippen LogP) is 2.30. The van der Waals surface area contributed by atoms with Gasteiger partial charge in [0, 0.05) is 6.04 Å². The summed E-state index contributed by atoms with van der Waals surface area (Å²) < 4.78 is 0.598. The minimum atomic E-state index is 0.440. The monoisotopic (exact) mass is 234 g/mol. The van der Waals surface area contributed by atoms with Crippen molar-refractivity contribution in [2.24, 2.45) is 0 Å². The van der Waals surface area contributed by atoms with Crippen LogP contribution in [0.2, 0.25) is 0 Å². The largest absolute Gasteiger partial charge is 0.369 e. The normalized spacial score (nSPS) is 12.9. The highest BCUT2D eigenvalue weighted by Crippen LogP contribution is 2.00. The lowest BCUT2D eigenvalue weighted by atomic mass is 10.2. The molecule has 0 radical (unpaired) electrons. The van der Waals surface area contributed by atoms with Gasteiger partial charge in [0.15, 0.2) is 0 Å². The van der Waals surface area contributed by atoms with Gasteiger partial charge in [-0.3, -0.25) is 0 Å². The second kappa shape index (κ2) is 8.50. The van der Waals surface area contributed by atoms with Gasteiger partial charge in [-0.05, 0) is 39.4 Å². The van der Waals surface area contributed by atoms with Crippen LogP contribution in [0.5, 0.6) is 0 Å². The molecule has 0 rings (SSSR count). The predicted molar refractivity (Wildman–Crippen MR) is 71.2 cm³/mol. The fourth-order valence-corrected chi connectivity index (χ4v) is 1.87. The van der Waals surface area contributed by atoms with Crippen LogP contribution in [0.3, 0.4) is 0 Å². The Hall–Kier alpha value is 0.200. The lowest BCUT2D eigenvalue weighted by Gasteiger charge is -2.19. The van der Waals surface area contributed by atoms with E-state index in [9.17, 15) is 0 Å². The van der Waals surface area contributed by atoms with Crippen molar-refractivity contribution >= 4 is 29.2 Å². The van der Waals surface area contributed by atoms with Crippen molar-refractivity contribution in [3.05, 3.63) is 0 Å². The molecule has 0 heterocycles. The first-order valence-corrected chi connectivity index (χ1v) is 6.17. The molecule has 0 saturated heterocycles. The van der Waals surface area contributed by atoms with E-state index in [0.29, 0.717) is 10.4 Å². The van der Waals surface area contributed by atoms with Gasteiger partial charge in [-0.1, -0.05) is 26.1 Å². The highest BCUT2D eigenvalue weighted by atomic mass is 32.1. The van der Waals surface area contributed by atoms with Crippen molar-refractivity contribution < 1.29 is 0 Å². The number of thiol groups is 1. The van der Waals surface area contributed by atoms with Crippen LogP contribution in [0.4, 0.5) is 0 Å². The molecular weight excluding hydrogens is 212 g/mol. The van der Waals surface area contributed by atoms with Gasteiger partial charge < -0.3 is 10.2 Å². The van der Waals surface area contributed by atoms with Gasteiger partial charge in [0.1, 0.15) is 4.32 Å². The van der Waals surface area contributed by atoms with Crippen molar-refractivity contribution in [2.75, 3.05) is 19.6 Å². The Kier molecular flexibility index (Phi) is 8.63. The highest BCUT2D eigenvalue weighted by molar-refractivity contribution is 8.11. The van der Waals surface area contributed by atoms with Crippen LogP contribution in [-0.2, 0) is 0 Å². The van der Waals surface area contributed by atoms with Crippen LogP contribution in [0.15, 0.2) is 0 Å². The van der Waals surface area contributed by atoms with Gasteiger partial charge in [0.05, 0.1) is 0 Å². The zero-order valence-corrected chi connectivity index (χ0v) is 11.1. The summed E-state index contributed by atoms with van der Waals surface area (Å²) in [5.74, 6) is 0. The summed E-state index contributed by atoms with van der Waals surface area (Å²) in [6, 6.07) is 0.440. The average Bonchev–Trinajstić information content (AvgIpc) is 2.11. The summed E-state index contributed by atoms with van der Waals surface area (Å²) in [6.45, 7) is 10.0. The Labute approximate surface area is 98.8 Å². The maximum absolute atomic E-state index is 4.86. The number of thiocarbonyl (C=S) groups is 1. The first-order valence-electron chi connectivity index (χ1n) is 5.31. The third-order valence-electron chi connectivity index (χ3n) is 2.38. The van der Waals surface area contributed by atoms with E-state index in [1.54, 1.807) is 0 Å². The van der Waals surface area contributed by atoms with E-state index < -0.39 is 0 Å². The number of nitrogens with zero attached hydrogens (tertiary/aromatic N) is 1. The molecule has 0 bridgehead atoms. The Bertz CT molecular complexity index is 158. The second-order valence-electron chi connectivity index (χ2n) is 3.52. The fourth-order valence-electron chi connectivity index (χ4n) is 1.44. The molecule has 0 aliphatic heterocycles. The van der Waals surface area contributed by atoms with Gasteiger partial charge in [0.25, 0.3) is 0 Å². The van der Waals surface area contributed by atoms with Crippen molar-refractivity contribution in [1.29, 1.82) is 0 Å². The number of rotatable bonds is 7. The van der Waals surface area contributed by atoms with E-state index in [0.717, 1.165) is 19.5 Å². The molecule has 0 saturated carbocycles. The molecule has 2 nitrogen and oxygen atoms in total. The molecule has 14 heavy (non-hydrogen) atoms. The molecule has 0 aromatic heterocycles. The molecule has 0 aromatic rings. The van der Waals surface area contributed by atoms with Crippen molar-refractivity contribution in [2.45, 2.75) is 39.7 Å². The maximum atomic E-state index is 4.86. The Morgan fingerprint density at radius 2 is 2.00 bits per heavy atom. The van der Waals surface area contributed by atoms with E-state index in [1.165, 1.54) is 13.0 Å². The third kappa shape index (κ3) is 7.59. The Morgan fingerprint density at radius 3 is 2.43 bits per heavy atom. The van der Waals surface area contributed by atoms with Crippen molar-refractivity contribution in [3.8, 4) is 0 Å². The molecule has 1 atom stereocenters. The zero-order valence-electron chi connectivity index (χ0n) is 9.42. The molecule has 1 N–H and O–H groups in total. The number of hydrogen-bond acceptors (Lipinski definition) is 2. The molecule has 0 spiro atoms. The molecule has 0 aliphatic rings. The summed E-state index contributed by atoms with van der Waals surface area (Å²) in [5.41, 5.74) is 0. The minimum absolute atomic E-state index is 0.440. The van der Waals surface area contributed by atoms with Crippen molar-refractivity contribution in [3.63, 3.8) is 0 Å². The molecular formula is C10H22N2S2. The van der Waals surface area contributed by atoms with Crippen LogP contribution in [0, 0.1) is 0 Å². The SMILES string of the molecule is CCN(CC)CCCC(C)NC(=S)S. The molecule has 4 heteroatoms. The van der Waals surface area contributed by atoms with E-state index in [-0.39, 0.29) is 0 Å². The van der Waals surface area contributed by atoms with Crippen LogP contribution in [0.1, 0.15) is 33.6 Å². The van der Waals surface area contributed by atoms with Gasteiger partial charge in [-0.2, -0.15) is 0 Å². The third-order valence-corrected chi connectivity index (χ3v) is 2.62. The van der Waals surface area contributed by atoms with Gasteiger partial charge in [-0.15, -0.1) is 12.6 Å². The summed E-state index contributed by atoms with van der Waals surface area (Å²) in [7, 11) is 0. The second-order valence-corrected chi connectivity index (χ2v) is 4.68. The number of hydrogen-bond donors (Lipinski definition) is 2. The summed E-state index contributed by atoms with van der Waals surface area (Å²) in [6.07, 6.45) is 2.36. The minimum Gasteiger partial charge on any atom is -0.369 e. The zero-order chi connectivity index (χ0) is 11.0. The summed E-state index contributed by atoms with van der Waals surface area (Å²) in [4.78, 5) is 2.44. The Morgan fingerprint density at radius 1 is 1.43 bits per heavy atom. The first-order chi connectivity index (χ1) is 6.60.